The van der Waals surface area contributed by atoms with Gasteiger partial charge in [0.25, 0.3) is 0 Å². The number of hydrogen-bond donors (Lipinski definition) is 0. The normalized spacial score (nSPS) is 15.5. The van der Waals surface area contributed by atoms with E-state index in [0.717, 1.165) is 0 Å². The van der Waals surface area contributed by atoms with E-state index in [0.29, 0.717) is 0 Å². The largest absolute Gasteiger partial charge is 0.0666 e. The minimum absolute atomic E-state index is 1.35. The molecule has 0 spiro atoms. The Morgan fingerprint density at radius 1 is 0.833 bits per heavy atom. The quantitative estimate of drug-likeness (QED) is 0.387. The first-order chi connectivity index (χ1) is 5.88. The molecule has 12 heavy (non-hydrogen) atoms. The number of rotatable bonds is 7. The van der Waals surface area contributed by atoms with E-state index in [1.54, 1.807) is 11.1 Å². The maximum absolute atomic E-state index is 2.28. The van der Waals surface area contributed by atoms with E-state index < -0.39 is 0 Å². The van der Waals surface area contributed by atoms with Gasteiger partial charge >= 0.3 is 0 Å². The maximum atomic E-state index is 2.28. The second-order valence-electron chi connectivity index (χ2n) is 3.94. The molecule has 0 nitrogen and oxygen atoms in total. The van der Waals surface area contributed by atoms with Crippen molar-refractivity contribution in [1.82, 2.24) is 0 Å². The summed E-state index contributed by atoms with van der Waals surface area (Å²) in [6.45, 7) is 4.55. The van der Waals surface area contributed by atoms with Crippen LogP contribution in [0.3, 0.4) is 0 Å². The fourth-order valence-electron chi connectivity index (χ4n) is 1.72. The Kier molecular flexibility index (Phi) is 4.42. The lowest BCUT2D eigenvalue weighted by atomic mass is 10.2. The van der Waals surface area contributed by atoms with Crippen molar-refractivity contribution in [2.24, 2.45) is 0 Å². The zero-order valence-corrected chi connectivity index (χ0v) is 8.66. The third-order valence-corrected chi connectivity index (χ3v) is 2.72. The fourth-order valence-corrected chi connectivity index (χ4v) is 1.72. The van der Waals surface area contributed by atoms with Crippen molar-refractivity contribution in [1.29, 1.82) is 0 Å². The van der Waals surface area contributed by atoms with Crippen molar-refractivity contribution in [3.63, 3.8) is 0 Å². The molecule has 1 aliphatic carbocycles. The Bertz CT molecular complexity index is 153. The number of hydrogen-bond acceptors (Lipinski definition) is 0. The lowest BCUT2D eigenvalue weighted by molar-refractivity contribution is 0.719. The Hall–Kier alpha value is -0.260. The summed E-state index contributed by atoms with van der Waals surface area (Å²) >= 11 is 0. The van der Waals surface area contributed by atoms with Crippen LogP contribution < -0.4 is 0 Å². The van der Waals surface area contributed by atoms with Gasteiger partial charge in [-0.1, -0.05) is 44.3 Å². The summed E-state index contributed by atoms with van der Waals surface area (Å²) in [5, 5.41) is 0. The first-order valence-corrected chi connectivity index (χ1v) is 5.58. The van der Waals surface area contributed by atoms with Gasteiger partial charge in [0, 0.05) is 0 Å². The van der Waals surface area contributed by atoms with Gasteiger partial charge < -0.3 is 0 Å². The van der Waals surface area contributed by atoms with E-state index in [-0.39, 0.29) is 0 Å². The van der Waals surface area contributed by atoms with E-state index in [4.69, 9.17) is 0 Å². The van der Waals surface area contributed by atoms with Crippen LogP contribution in [0.25, 0.3) is 0 Å². The molecule has 1 aliphatic rings. The van der Waals surface area contributed by atoms with Crippen LogP contribution in [-0.4, -0.2) is 0 Å². The highest BCUT2D eigenvalue weighted by molar-refractivity contribution is 5.34. The van der Waals surface area contributed by atoms with E-state index >= 15 is 0 Å². The molecule has 0 saturated carbocycles. The van der Waals surface area contributed by atoms with Gasteiger partial charge in [-0.25, -0.2) is 0 Å². The molecule has 0 amide bonds. The van der Waals surface area contributed by atoms with Crippen molar-refractivity contribution in [3.05, 3.63) is 11.1 Å². The second-order valence-corrected chi connectivity index (χ2v) is 3.94. The monoisotopic (exact) mass is 166 g/mol. The predicted octanol–water partition coefficient (Wildman–Crippen LogP) is 4.46. The van der Waals surface area contributed by atoms with E-state index in [1.807, 2.05) is 0 Å². The van der Waals surface area contributed by atoms with Gasteiger partial charge in [-0.05, 0) is 32.1 Å². The van der Waals surface area contributed by atoms with Gasteiger partial charge in [-0.3, -0.25) is 0 Å². The van der Waals surface area contributed by atoms with E-state index in [2.05, 4.69) is 13.8 Å². The molecule has 0 fully saturated rings. The first-order valence-electron chi connectivity index (χ1n) is 5.58. The van der Waals surface area contributed by atoms with Crippen LogP contribution in [-0.2, 0) is 0 Å². The minimum atomic E-state index is 1.35. The van der Waals surface area contributed by atoms with Crippen LogP contribution in [0.2, 0.25) is 0 Å². The third kappa shape index (κ3) is 3.42. The van der Waals surface area contributed by atoms with Crippen LogP contribution in [0.15, 0.2) is 11.1 Å². The molecule has 0 aromatic carbocycles. The summed E-state index contributed by atoms with van der Waals surface area (Å²) in [4.78, 5) is 0. The van der Waals surface area contributed by atoms with E-state index in [9.17, 15) is 0 Å². The zero-order valence-electron chi connectivity index (χ0n) is 8.66. The summed E-state index contributed by atoms with van der Waals surface area (Å²) in [6, 6.07) is 0. The molecule has 0 heteroatoms. The average Bonchev–Trinajstić information content (AvgIpc) is 2.81. The molecule has 0 atom stereocenters. The SMILES string of the molecule is CCCCCC1=C(CCCC)C1. The van der Waals surface area contributed by atoms with Gasteiger partial charge in [-0.2, -0.15) is 0 Å². The van der Waals surface area contributed by atoms with Gasteiger partial charge in [0.15, 0.2) is 0 Å². The van der Waals surface area contributed by atoms with Crippen molar-refractivity contribution in [2.45, 2.75) is 65.2 Å². The maximum Gasteiger partial charge on any atom is -0.0103 e. The molecule has 0 saturated heterocycles. The summed E-state index contributed by atoms with van der Waals surface area (Å²) < 4.78 is 0. The highest BCUT2D eigenvalue weighted by Gasteiger charge is 2.18. The van der Waals surface area contributed by atoms with E-state index in [1.165, 1.54) is 51.4 Å². The standard InChI is InChI=1S/C12H22/c1-3-5-7-9-12-10-11(12)8-6-4-2/h3-10H2,1-2H3. The molecule has 0 N–H and O–H groups in total. The molecule has 0 aliphatic heterocycles. The minimum Gasteiger partial charge on any atom is -0.0666 e. The zero-order chi connectivity index (χ0) is 8.81. The third-order valence-electron chi connectivity index (χ3n) is 2.72. The molecule has 0 aromatic heterocycles. The van der Waals surface area contributed by atoms with Gasteiger partial charge in [0.2, 0.25) is 0 Å². The van der Waals surface area contributed by atoms with Crippen molar-refractivity contribution in [2.75, 3.05) is 0 Å². The van der Waals surface area contributed by atoms with Crippen LogP contribution in [0, 0.1) is 0 Å². The molecule has 0 radical (unpaired) electrons. The van der Waals surface area contributed by atoms with Crippen molar-refractivity contribution >= 4 is 0 Å². The lowest BCUT2D eigenvalue weighted by Gasteiger charge is -1.91. The summed E-state index contributed by atoms with van der Waals surface area (Å²) in [5.74, 6) is 0. The summed E-state index contributed by atoms with van der Waals surface area (Å²) in [5.41, 5.74) is 3.60. The van der Waals surface area contributed by atoms with Gasteiger partial charge in [0.1, 0.15) is 0 Å². The molecular weight excluding hydrogens is 144 g/mol. The summed E-state index contributed by atoms with van der Waals surface area (Å²) in [7, 11) is 0. The van der Waals surface area contributed by atoms with Crippen LogP contribution in [0.4, 0.5) is 0 Å². The van der Waals surface area contributed by atoms with Gasteiger partial charge in [-0.15, -0.1) is 0 Å². The number of unbranched alkanes of at least 4 members (excludes halogenated alkanes) is 3. The predicted molar refractivity (Wildman–Crippen MR) is 55.3 cm³/mol. The van der Waals surface area contributed by atoms with Gasteiger partial charge in [0.05, 0.1) is 0 Å². The molecule has 0 aromatic rings. The Morgan fingerprint density at radius 2 is 1.42 bits per heavy atom. The summed E-state index contributed by atoms with van der Waals surface area (Å²) in [6.07, 6.45) is 11.2. The molecule has 0 unspecified atom stereocenters. The highest BCUT2D eigenvalue weighted by atomic mass is 14.2. The van der Waals surface area contributed by atoms with Crippen LogP contribution >= 0.6 is 0 Å². The van der Waals surface area contributed by atoms with Crippen LogP contribution in [0.1, 0.15) is 65.2 Å². The molecule has 70 valence electrons. The second kappa shape index (κ2) is 5.40. The molecule has 1 rings (SSSR count). The van der Waals surface area contributed by atoms with Crippen molar-refractivity contribution in [3.8, 4) is 0 Å². The smallest absolute Gasteiger partial charge is 0.0103 e. The Labute approximate surface area is 77.1 Å². The molecule has 0 heterocycles. The Balaban J connectivity index is 2.00. The lowest BCUT2D eigenvalue weighted by Crippen LogP contribution is -1.71. The van der Waals surface area contributed by atoms with Crippen molar-refractivity contribution < 1.29 is 0 Å². The van der Waals surface area contributed by atoms with Crippen LogP contribution in [0.5, 0.6) is 0 Å². The Morgan fingerprint density at radius 3 is 2.00 bits per heavy atom. The first kappa shape index (κ1) is 9.83. The highest BCUT2D eigenvalue weighted by Crippen LogP contribution is 2.38. The number of allylic oxidation sites excluding steroid dienone is 2. The fraction of sp³-hybridized carbons (Fsp3) is 0.833. The molecule has 0 bridgehead atoms. The molecular formula is C12H22. The topological polar surface area (TPSA) is 0 Å². The average molecular weight is 166 g/mol.